The number of nitrogens with zero attached hydrogens (tertiary/aromatic N) is 1. The summed E-state index contributed by atoms with van der Waals surface area (Å²) in [4.78, 5) is 28.6. The van der Waals surface area contributed by atoms with Crippen LogP contribution in [0.25, 0.3) is 6.08 Å². The van der Waals surface area contributed by atoms with Gasteiger partial charge in [0.15, 0.2) is 5.13 Å². The molecule has 5 nitrogen and oxygen atoms in total. The van der Waals surface area contributed by atoms with Crippen molar-refractivity contribution >= 4 is 40.0 Å². The zero-order valence-electron chi connectivity index (χ0n) is 16.4. The van der Waals surface area contributed by atoms with Crippen molar-refractivity contribution in [3.05, 3.63) is 82.9 Å². The minimum atomic E-state index is -0.260. The molecule has 29 heavy (non-hydrogen) atoms. The second-order valence-corrected chi connectivity index (χ2v) is 7.74. The van der Waals surface area contributed by atoms with Gasteiger partial charge in [0.2, 0.25) is 11.8 Å². The Hall–Kier alpha value is -3.25. The Morgan fingerprint density at radius 3 is 2.45 bits per heavy atom. The Labute approximate surface area is 174 Å². The quantitative estimate of drug-likeness (QED) is 0.537. The van der Waals surface area contributed by atoms with Gasteiger partial charge in [-0.25, -0.2) is 4.98 Å². The minimum Gasteiger partial charge on any atom is -0.326 e. The molecule has 3 rings (SSSR count). The zero-order chi connectivity index (χ0) is 20.6. The molecule has 148 valence electrons. The summed E-state index contributed by atoms with van der Waals surface area (Å²) < 4.78 is 0. The molecule has 3 aromatic rings. The first-order chi connectivity index (χ1) is 14.0. The van der Waals surface area contributed by atoms with E-state index in [1.807, 2.05) is 54.6 Å². The number of rotatable bonds is 7. The van der Waals surface area contributed by atoms with Crippen LogP contribution >= 0.6 is 11.3 Å². The first kappa shape index (κ1) is 20.5. The van der Waals surface area contributed by atoms with Crippen LogP contribution in [0.2, 0.25) is 0 Å². The molecule has 1 heterocycles. The number of aromatic nitrogens is 1. The highest BCUT2D eigenvalue weighted by atomic mass is 32.1. The van der Waals surface area contributed by atoms with Crippen LogP contribution in [-0.4, -0.2) is 16.8 Å². The fourth-order valence-electron chi connectivity index (χ4n) is 2.65. The predicted molar refractivity (Wildman–Crippen MR) is 119 cm³/mol. The number of anilines is 2. The van der Waals surface area contributed by atoms with Crippen molar-refractivity contribution in [3.63, 3.8) is 0 Å². The molecule has 0 atom stereocenters. The number of hydrogen-bond acceptors (Lipinski definition) is 4. The lowest BCUT2D eigenvalue weighted by atomic mass is 10.0. The van der Waals surface area contributed by atoms with Crippen molar-refractivity contribution in [2.75, 3.05) is 10.6 Å². The molecule has 2 N–H and O–H groups in total. The number of benzene rings is 2. The molecule has 1 aromatic heterocycles. The van der Waals surface area contributed by atoms with Gasteiger partial charge in [-0.15, -0.1) is 11.3 Å². The van der Waals surface area contributed by atoms with Gasteiger partial charge < -0.3 is 5.32 Å². The van der Waals surface area contributed by atoms with Crippen LogP contribution in [0.3, 0.4) is 0 Å². The molecule has 0 unspecified atom stereocenters. The summed E-state index contributed by atoms with van der Waals surface area (Å²) in [6.45, 7) is 4.26. The maximum absolute atomic E-state index is 12.2. The number of carbonyl (C=O) groups is 2. The van der Waals surface area contributed by atoms with Gasteiger partial charge in [-0.3, -0.25) is 14.9 Å². The number of thiazole rings is 1. The fraction of sp³-hybridized carbons (Fsp3) is 0.174. The molecular formula is C23H23N3O2S. The average Bonchev–Trinajstić information content (AvgIpc) is 3.14. The molecule has 2 aromatic carbocycles. The van der Waals surface area contributed by atoms with Gasteiger partial charge >= 0.3 is 0 Å². The summed E-state index contributed by atoms with van der Waals surface area (Å²) in [6.07, 6.45) is 3.35. The van der Waals surface area contributed by atoms with Crippen LogP contribution < -0.4 is 10.6 Å². The first-order valence-electron chi connectivity index (χ1n) is 9.38. The van der Waals surface area contributed by atoms with Crippen LogP contribution in [0.5, 0.6) is 0 Å². The third kappa shape index (κ3) is 6.40. The van der Waals surface area contributed by atoms with E-state index in [1.165, 1.54) is 23.0 Å². The molecule has 0 saturated heterocycles. The van der Waals surface area contributed by atoms with Gasteiger partial charge in [-0.2, -0.15) is 0 Å². The third-order valence-corrected chi connectivity index (χ3v) is 5.02. The molecule has 2 amide bonds. The number of hydrogen-bond donors (Lipinski definition) is 2. The van der Waals surface area contributed by atoms with Crippen LogP contribution in [0, 0.1) is 0 Å². The van der Waals surface area contributed by atoms with Crippen molar-refractivity contribution in [2.24, 2.45) is 0 Å². The molecule has 0 saturated carbocycles. The normalized spacial score (nSPS) is 11.0. The molecule has 0 aliphatic heterocycles. The third-order valence-electron chi connectivity index (χ3n) is 4.21. The monoisotopic (exact) mass is 405 g/mol. The summed E-state index contributed by atoms with van der Waals surface area (Å²) in [5.41, 5.74) is 3.55. The van der Waals surface area contributed by atoms with E-state index in [0.29, 0.717) is 16.7 Å². The van der Waals surface area contributed by atoms with Crippen molar-refractivity contribution in [2.45, 2.75) is 26.2 Å². The highest BCUT2D eigenvalue weighted by molar-refractivity contribution is 7.14. The smallest absolute Gasteiger partial charge is 0.250 e. The van der Waals surface area contributed by atoms with Gasteiger partial charge in [0.1, 0.15) is 0 Å². The van der Waals surface area contributed by atoms with E-state index in [4.69, 9.17) is 0 Å². The van der Waals surface area contributed by atoms with E-state index < -0.39 is 0 Å². The molecule has 0 fully saturated rings. The molecule has 0 aliphatic rings. The molecular weight excluding hydrogens is 382 g/mol. The molecule has 0 bridgehead atoms. The van der Waals surface area contributed by atoms with E-state index in [9.17, 15) is 9.59 Å². The highest BCUT2D eigenvalue weighted by Gasteiger charge is 2.10. The first-order valence-corrected chi connectivity index (χ1v) is 10.3. The van der Waals surface area contributed by atoms with Crippen LogP contribution in [0.1, 0.15) is 36.6 Å². The van der Waals surface area contributed by atoms with Crippen LogP contribution in [0.4, 0.5) is 10.8 Å². The topological polar surface area (TPSA) is 71.1 Å². The fourth-order valence-corrected chi connectivity index (χ4v) is 3.36. The van der Waals surface area contributed by atoms with Crippen molar-refractivity contribution < 1.29 is 9.59 Å². The lowest BCUT2D eigenvalue weighted by Crippen LogP contribution is -2.15. The van der Waals surface area contributed by atoms with Crippen LogP contribution in [-0.2, 0) is 16.0 Å². The van der Waals surface area contributed by atoms with Gasteiger partial charge in [-0.1, -0.05) is 56.3 Å². The molecule has 0 aliphatic carbocycles. The van der Waals surface area contributed by atoms with Gasteiger partial charge in [0.05, 0.1) is 12.1 Å². The molecule has 0 radical (unpaired) electrons. The Morgan fingerprint density at radius 1 is 1.03 bits per heavy atom. The summed E-state index contributed by atoms with van der Waals surface area (Å²) in [7, 11) is 0. The van der Waals surface area contributed by atoms with E-state index in [0.717, 1.165) is 11.3 Å². The number of nitrogens with one attached hydrogen (secondary N) is 2. The molecule has 0 spiro atoms. The Balaban J connectivity index is 1.51. The van der Waals surface area contributed by atoms with E-state index >= 15 is 0 Å². The summed E-state index contributed by atoms with van der Waals surface area (Å²) in [5, 5.41) is 7.84. The lowest BCUT2D eigenvalue weighted by molar-refractivity contribution is -0.115. The second-order valence-electron chi connectivity index (χ2n) is 6.88. The maximum atomic E-state index is 12.2. The second kappa shape index (κ2) is 9.80. The highest BCUT2D eigenvalue weighted by Crippen LogP contribution is 2.19. The Kier molecular flexibility index (Phi) is 6.92. The van der Waals surface area contributed by atoms with Crippen molar-refractivity contribution in [1.29, 1.82) is 0 Å². The number of carbonyl (C=O) groups excluding carboxylic acids is 2. The summed E-state index contributed by atoms with van der Waals surface area (Å²) >= 11 is 1.30. The van der Waals surface area contributed by atoms with E-state index in [-0.39, 0.29) is 18.2 Å². The zero-order valence-corrected chi connectivity index (χ0v) is 17.2. The number of amides is 2. The van der Waals surface area contributed by atoms with Crippen LogP contribution in [0.15, 0.2) is 66.1 Å². The van der Waals surface area contributed by atoms with E-state index in [2.05, 4.69) is 29.5 Å². The molecule has 6 heteroatoms. The lowest BCUT2D eigenvalue weighted by Gasteiger charge is -2.08. The predicted octanol–water partition coefficient (Wildman–Crippen LogP) is 5.10. The van der Waals surface area contributed by atoms with E-state index in [1.54, 1.807) is 11.5 Å². The largest absolute Gasteiger partial charge is 0.326 e. The van der Waals surface area contributed by atoms with Crippen molar-refractivity contribution in [1.82, 2.24) is 4.98 Å². The van der Waals surface area contributed by atoms with Crippen molar-refractivity contribution in [3.8, 4) is 0 Å². The SMILES string of the molecule is CC(C)c1ccc(NC(=O)Cc2csc(NC(=O)/C=C/c3ccccc3)n2)cc1. The Morgan fingerprint density at radius 2 is 1.76 bits per heavy atom. The van der Waals surface area contributed by atoms with Gasteiger partial charge in [-0.05, 0) is 35.3 Å². The maximum Gasteiger partial charge on any atom is 0.250 e. The standard InChI is InChI=1S/C23H23N3O2S/c1-16(2)18-9-11-19(12-10-18)24-22(28)14-20-15-29-23(25-20)26-21(27)13-8-17-6-4-3-5-7-17/h3-13,15-16H,14H2,1-2H3,(H,24,28)(H,25,26,27)/b13-8+. The summed E-state index contributed by atoms with van der Waals surface area (Å²) in [5.74, 6) is 0.0461. The summed E-state index contributed by atoms with van der Waals surface area (Å²) in [6, 6.07) is 17.4. The Bertz CT molecular complexity index is 992. The average molecular weight is 406 g/mol. The van der Waals surface area contributed by atoms with Gasteiger partial charge in [0.25, 0.3) is 0 Å². The van der Waals surface area contributed by atoms with Gasteiger partial charge in [0, 0.05) is 17.1 Å². The minimum absolute atomic E-state index is 0.144.